The maximum Gasteiger partial charge on any atom is 0.285 e. The Morgan fingerprint density at radius 1 is 1.12 bits per heavy atom. The molecule has 2 amide bonds. The molecule has 1 N–H and O–H groups in total. The summed E-state index contributed by atoms with van der Waals surface area (Å²) < 4.78 is 7.05. The minimum atomic E-state index is -0.521. The van der Waals surface area contributed by atoms with Crippen LogP contribution in [-0.4, -0.2) is 21.1 Å². The van der Waals surface area contributed by atoms with E-state index >= 15 is 0 Å². The Hall–Kier alpha value is -2.65. The molecule has 0 radical (unpaired) electrons. The van der Waals surface area contributed by atoms with Gasteiger partial charge in [0.05, 0.1) is 15.5 Å². The van der Waals surface area contributed by atoms with Crippen LogP contribution >= 0.6 is 51.5 Å². The standard InChI is InChI=1S/C24H16BrClN2O3S2/c25-17-10-11-20(31-14-15-6-2-1-3-7-15)16(12-17)13-21-23(30)28(24(32)33-21)27-22(29)18-8-4-5-9-19(18)26/h1-13H,14H2,(H,27,29)/b21-13-. The summed E-state index contributed by atoms with van der Waals surface area (Å²) in [6.07, 6.45) is 1.70. The highest BCUT2D eigenvalue weighted by molar-refractivity contribution is 9.10. The first-order chi connectivity index (χ1) is 15.9. The van der Waals surface area contributed by atoms with Crippen LogP contribution in [0.1, 0.15) is 21.5 Å². The lowest BCUT2D eigenvalue weighted by Gasteiger charge is -2.16. The molecule has 0 bridgehead atoms. The molecule has 0 unspecified atom stereocenters. The molecule has 0 saturated carbocycles. The summed E-state index contributed by atoms with van der Waals surface area (Å²) in [4.78, 5) is 26.0. The van der Waals surface area contributed by atoms with Gasteiger partial charge in [0, 0.05) is 10.0 Å². The van der Waals surface area contributed by atoms with Crippen LogP contribution in [0, 0.1) is 0 Å². The molecular weight excluding hydrogens is 544 g/mol. The molecule has 4 rings (SSSR count). The van der Waals surface area contributed by atoms with Crippen molar-refractivity contribution in [3.05, 3.63) is 104 Å². The molecule has 1 saturated heterocycles. The monoisotopic (exact) mass is 558 g/mol. The Bertz CT molecular complexity index is 1270. The Kier molecular flexibility index (Phi) is 7.49. The van der Waals surface area contributed by atoms with Crippen LogP contribution < -0.4 is 10.2 Å². The smallest absolute Gasteiger partial charge is 0.285 e. The lowest BCUT2D eigenvalue weighted by Crippen LogP contribution is -2.44. The van der Waals surface area contributed by atoms with Gasteiger partial charge in [0.1, 0.15) is 12.4 Å². The summed E-state index contributed by atoms with van der Waals surface area (Å²) in [5.74, 6) is -0.334. The van der Waals surface area contributed by atoms with Gasteiger partial charge in [-0.25, -0.2) is 0 Å². The topological polar surface area (TPSA) is 58.6 Å². The zero-order valence-corrected chi connectivity index (χ0v) is 20.9. The summed E-state index contributed by atoms with van der Waals surface area (Å²) in [5.41, 5.74) is 4.53. The number of ether oxygens (including phenoxy) is 1. The van der Waals surface area contributed by atoms with E-state index in [0.717, 1.165) is 26.8 Å². The van der Waals surface area contributed by atoms with Crippen LogP contribution in [0.25, 0.3) is 6.08 Å². The van der Waals surface area contributed by atoms with Crippen LogP contribution in [0.2, 0.25) is 5.02 Å². The van der Waals surface area contributed by atoms with Crippen molar-refractivity contribution in [2.24, 2.45) is 0 Å². The molecule has 166 valence electrons. The molecule has 0 spiro atoms. The third kappa shape index (κ3) is 5.65. The molecule has 1 aliphatic heterocycles. The second-order valence-corrected chi connectivity index (χ2v) is 9.89. The second kappa shape index (κ2) is 10.5. The number of nitrogens with zero attached hydrogens (tertiary/aromatic N) is 1. The van der Waals surface area contributed by atoms with Gasteiger partial charge in [-0.05, 0) is 54.2 Å². The molecule has 33 heavy (non-hydrogen) atoms. The van der Waals surface area contributed by atoms with Gasteiger partial charge < -0.3 is 4.74 Å². The van der Waals surface area contributed by atoms with Crippen LogP contribution in [0.3, 0.4) is 0 Å². The van der Waals surface area contributed by atoms with Crippen molar-refractivity contribution in [2.75, 3.05) is 0 Å². The quantitative estimate of drug-likeness (QED) is 0.287. The molecule has 3 aromatic rings. The predicted molar refractivity (Wildman–Crippen MR) is 139 cm³/mol. The van der Waals surface area contributed by atoms with Crippen molar-refractivity contribution >= 4 is 73.7 Å². The minimum Gasteiger partial charge on any atom is -0.488 e. The number of thioether (sulfide) groups is 1. The summed E-state index contributed by atoms with van der Waals surface area (Å²) in [7, 11) is 0. The average molecular weight is 560 g/mol. The van der Waals surface area contributed by atoms with E-state index in [4.69, 9.17) is 28.6 Å². The number of hydrogen-bond acceptors (Lipinski definition) is 5. The highest BCUT2D eigenvalue weighted by Gasteiger charge is 2.34. The number of rotatable bonds is 6. The molecule has 0 atom stereocenters. The number of nitrogens with one attached hydrogen (secondary N) is 1. The molecular formula is C24H16BrClN2O3S2. The lowest BCUT2D eigenvalue weighted by molar-refractivity contribution is -0.123. The number of carbonyl (C=O) groups excluding carboxylic acids is 2. The highest BCUT2D eigenvalue weighted by Crippen LogP contribution is 2.34. The molecule has 1 aliphatic rings. The number of amides is 2. The molecule has 5 nitrogen and oxygen atoms in total. The van der Waals surface area contributed by atoms with Crippen LogP contribution in [0.15, 0.2) is 82.2 Å². The fourth-order valence-corrected chi connectivity index (χ4v) is 4.78. The number of carbonyl (C=O) groups is 2. The second-order valence-electron chi connectivity index (χ2n) is 6.89. The van der Waals surface area contributed by atoms with Crippen molar-refractivity contribution in [1.82, 2.24) is 10.4 Å². The van der Waals surface area contributed by atoms with Crippen LogP contribution in [0.5, 0.6) is 5.75 Å². The van der Waals surface area contributed by atoms with E-state index in [9.17, 15) is 9.59 Å². The Balaban J connectivity index is 1.54. The van der Waals surface area contributed by atoms with Crippen molar-refractivity contribution in [3.8, 4) is 5.75 Å². The fourth-order valence-electron chi connectivity index (χ4n) is 3.01. The zero-order valence-electron chi connectivity index (χ0n) is 17.0. The Morgan fingerprint density at radius 2 is 1.85 bits per heavy atom. The van der Waals surface area contributed by atoms with Gasteiger partial charge in [-0.1, -0.05) is 81.8 Å². The van der Waals surface area contributed by atoms with Crippen molar-refractivity contribution < 1.29 is 14.3 Å². The molecule has 3 aromatic carbocycles. The minimum absolute atomic E-state index is 0.216. The predicted octanol–water partition coefficient (Wildman–Crippen LogP) is 6.23. The lowest BCUT2D eigenvalue weighted by atomic mass is 10.1. The summed E-state index contributed by atoms with van der Waals surface area (Å²) >= 11 is 16.0. The molecule has 1 fully saturated rings. The maximum atomic E-state index is 13.0. The Morgan fingerprint density at radius 3 is 2.61 bits per heavy atom. The number of benzene rings is 3. The first kappa shape index (κ1) is 23.5. The number of hydrazine groups is 1. The molecule has 0 aliphatic carbocycles. The van der Waals surface area contributed by atoms with E-state index in [1.807, 2.05) is 48.5 Å². The summed E-state index contributed by atoms with van der Waals surface area (Å²) in [5, 5.41) is 1.34. The first-order valence-corrected chi connectivity index (χ1v) is 12.1. The van der Waals surface area contributed by atoms with Gasteiger partial charge >= 0.3 is 0 Å². The van der Waals surface area contributed by atoms with E-state index < -0.39 is 11.8 Å². The molecule has 1 heterocycles. The average Bonchev–Trinajstić information content (AvgIpc) is 3.07. The SMILES string of the molecule is O=C(NN1C(=O)/C(=C/c2cc(Br)ccc2OCc2ccccc2)SC1=S)c1ccccc1Cl. The fraction of sp³-hybridized carbons (Fsp3) is 0.0417. The molecule has 0 aromatic heterocycles. The van der Waals surface area contributed by atoms with Crippen LogP contribution in [0.4, 0.5) is 0 Å². The normalized spacial score (nSPS) is 14.6. The van der Waals surface area contributed by atoms with E-state index in [0.29, 0.717) is 22.8 Å². The van der Waals surface area contributed by atoms with Gasteiger partial charge in [0.15, 0.2) is 4.32 Å². The Labute approximate surface area is 213 Å². The van der Waals surface area contributed by atoms with Crippen molar-refractivity contribution in [2.45, 2.75) is 6.61 Å². The van der Waals surface area contributed by atoms with Gasteiger partial charge in [0.25, 0.3) is 11.8 Å². The number of halogens is 2. The van der Waals surface area contributed by atoms with Gasteiger partial charge in [-0.2, -0.15) is 5.01 Å². The number of thiocarbonyl (C=S) groups is 1. The van der Waals surface area contributed by atoms with Gasteiger partial charge in [-0.15, -0.1) is 0 Å². The zero-order chi connectivity index (χ0) is 23.4. The van der Waals surface area contributed by atoms with Gasteiger partial charge in [0.2, 0.25) is 0 Å². The third-order valence-electron chi connectivity index (χ3n) is 4.62. The first-order valence-electron chi connectivity index (χ1n) is 9.72. The van der Waals surface area contributed by atoms with Crippen LogP contribution in [-0.2, 0) is 11.4 Å². The molecule has 9 heteroatoms. The van der Waals surface area contributed by atoms with E-state index in [-0.39, 0.29) is 14.9 Å². The van der Waals surface area contributed by atoms with Crippen molar-refractivity contribution in [3.63, 3.8) is 0 Å². The third-order valence-corrected chi connectivity index (χ3v) is 6.75. The van der Waals surface area contributed by atoms with Crippen molar-refractivity contribution in [1.29, 1.82) is 0 Å². The summed E-state index contributed by atoms with van der Waals surface area (Å²) in [6, 6.07) is 21.9. The maximum absolute atomic E-state index is 13.0. The van der Waals surface area contributed by atoms with E-state index in [1.54, 1.807) is 30.3 Å². The summed E-state index contributed by atoms with van der Waals surface area (Å²) in [6.45, 7) is 0.387. The van der Waals surface area contributed by atoms with E-state index in [1.165, 1.54) is 0 Å². The van der Waals surface area contributed by atoms with Gasteiger partial charge in [-0.3, -0.25) is 15.0 Å². The van der Waals surface area contributed by atoms with E-state index in [2.05, 4.69) is 21.4 Å². The number of hydrogen-bond donors (Lipinski definition) is 1. The largest absolute Gasteiger partial charge is 0.488 e. The highest BCUT2D eigenvalue weighted by atomic mass is 79.9.